The van der Waals surface area contributed by atoms with Crippen LogP contribution >= 0.6 is 0 Å². The van der Waals surface area contributed by atoms with Crippen molar-refractivity contribution in [2.45, 2.75) is 13.3 Å². The molecule has 0 atom stereocenters. The van der Waals surface area contributed by atoms with E-state index in [-0.39, 0.29) is 11.4 Å². The number of benzene rings is 3. The van der Waals surface area contributed by atoms with Crippen LogP contribution in [0.15, 0.2) is 72.8 Å². The molecule has 0 aliphatic carbocycles. The van der Waals surface area contributed by atoms with Gasteiger partial charge in [-0.3, -0.25) is 0 Å². The van der Waals surface area contributed by atoms with Gasteiger partial charge in [0.25, 0.3) is 0 Å². The van der Waals surface area contributed by atoms with Gasteiger partial charge in [-0.05, 0) is 35.2 Å². The standard InChI is InChI=1S/C24H20N2O3/c1-2-15-8-13-20-19(14-15)23(29-24(27)28)21(25)22(26-20)18-11-9-17(10-12-18)16-6-4-3-5-7-16/h3-14H,2,25H2,1H3,(H,27,28). The van der Waals surface area contributed by atoms with E-state index in [4.69, 9.17) is 15.5 Å². The first-order chi connectivity index (χ1) is 14.1. The summed E-state index contributed by atoms with van der Waals surface area (Å²) in [4.78, 5) is 16.0. The maximum Gasteiger partial charge on any atom is 0.511 e. The molecule has 0 aliphatic rings. The van der Waals surface area contributed by atoms with E-state index in [1.807, 2.05) is 79.7 Å². The van der Waals surface area contributed by atoms with Gasteiger partial charge in [-0.1, -0.05) is 67.6 Å². The average Bonchev–Trinajstić information content (AvgIpc) is 2.76. The number of nitrogens with zero attached hydrogens (tertiary/aromatic N) is 1. The van der Waals surface area contributed by atoms with Gasteiger partial charge >= 0.3 is 6.16 Å². The smallest absolute Gasteiger partial charge is 0.449 e. The van der Waals surface area contributed by atoms with E-state index in [1.54, 1.807) is 0 Å². The molecule has 0 radical (unpaired) electrons. The third kappa shape index (κ3) is 3.62. The van der Waals surface area contributed by atoms with Crippen LogP contribution in [0.1, 0.15) is 12.5 Å². The first kappa shape index (κ1) is 18.5. The van der Waals surface area contributed by atoms with Gasteiger partial charge in [0.2, 0.25) is 0 Å². The van der Waals surface area contributed by atoms with Crippen LogP contribution in [0.3, 0.4) is 0 Å². The quantitative estimate of drug-likeness (QED) is 0.436. The maximum absolute atomic E-state index is 11.3. The summed E-state index contributed by atoms with van der Waals surface area (Å²) in [6.07, 6.45) is -0.595. The Hall–Kier alpha value is -3.86. The zero-order valence-corrected chi connectivity index (χ0v) is 15.9. The number of nitrogen functional groups attached to an aromatic ring is 1. The molecular weight excluding hydrogens is 364 g/mol. The first-order valence-electron chi connectivity index (χ1n) is 9.35. The van der Waals surface area contributed by atoms with Crippen molar-refractivity contribution in [2.24, 2.45) is 0 Å². The summed E-state index contributed by atoms with van der Waals surface area (Å²) >= 11 is 0. The van der Waals surface area contributed by atoms with Crippen molar-refractivity contribution in [3.05, 3.63) is 78.4 Å². The van der Waals surface area contributed by atoms with Crippen molar-refractivity contribution in [1.82, 2.24) is 4.98 Å². The molecule has 0 amide bonds. The van der Waals surface area contributed by atoms with Crippen molar-refractivity contribution < 1.29 is 14.6 Å². The second-order valence-electron chi connectivity index (χ2n) is 6.72. The number of anilines is 1. The Morgan fingerprint density at radius 2 is 1.62 bits per heavy atom. The highest BCUT2D eigenvalue weighted by Gasteiger charge is 2.18. The van der Waals surface area contributed by atoms with E-state index in [0.717, 1.165) is 28.7 Å². The molecule has 0 spiro atoms. The van der Waals surface area contributed by atoms with Crippen LogP contribution in [0.2, 0.25) is 0 Å². The van der Waals surface area contributed by atoms with Gasteiger partial charge in [-0.25, -0.2) is 9.78 Å². The average molecular weight is 384 g/mol. The molecule has 3 aromatic carbocycles. The fourth-order valence-corrected chi connectivity index (χ4v) is 3.38. The molecule has 0 saturated heterocycles. The summed E-state index contributed by atoms with van der Waals surface area (Å²) in [5, 5.41) is 9.79. The van der Waals surface area contributed by atoms with Crippen LogP contribution in [-0.2, 0) is 6.42 Å². The Morgan fingerprint density at radius 3 is 2.28 bits per heavy atom. The first-order valence-corrected chi connectivity index (χ1v) is 9.35. The zero-order valence-electron chi connectivity index (χ0n) is 15.9. The number of fused-ring (bicyclic) bond motifs is 1. The fourth-order valence-electron chi connectivity index (χ4n) is 3.38. The van der Waals surface area contributed by atoms with Crippen LogP contribution in [0.5, 0.6) is 5.75 Å². The van der Waals surface area contributed by atoms with E-state index in [1.165, 1.54) is 0 Å². The Bertz CT molecular complexity index is 1190. The predicted molar refractivity (Wildman–Crippen MR) is 115 cm³/mol. The third-order valence-corrected chi connectivity index (χ3v) is 4.90. The molecule has 3 N–H and O–H groups in total. The Labute approximate surface area is 168 Å². The Morgan fingerprint density at radius 1 is 0.966 bits per heavy atom. The van der Waals surface area contributed by atoms with Crippen molar-refractivity contribution in [1.29, 1.82) is 0 Å². The van der Waals surface area contributed by atoms with Crippen LogP contribution in [-0.4, -0.2) is 16.2 Å². The SMILES string of the molecule is CCc1ccc2nc(-c3ccc(-c4ccccc4)cc3)c(N)c(OC(=O)O)c2c1. The molecule has 144 valence electrons. The van der Waals surface area contributed by atoms with Gasteiger partial charge in [0.05, 0.1) is 11.2 Å². The number of aromatic nitrogens is 1. The molecule has 5 heteroatoms. The third-order valence-electron chi connectivity index (χ3n) is 4.90. The highest BCUT2D eigenvalue weighted by atomic mass is 16.7. The molecule has 4 rings (SSSR count). The maximum atomic E-state index is 11.3. The highest BCUT2D eigenvalue weighted by molar-refractivity contribution is 5.97. The number of hydrogen-bond acceptors (Lipinski definition) is 4. The molecule has 0 unspecified atom stereocenters. The topological polar surface area (TPSA) is 85.4 Å². The molecule has 0 aliphatic heterocycles. The molecule has 4 aromatic rings. The summed E-state index contributed by atoms with van der Waals surface area (Å²) in [6.45, 7) is 2.03. The molecule has 0 fully saturated rings. The minimum absolute atomic E-state index is 0.125. The number of nitrogens with two attached hydrogens (primary N) is 1. The molecule has 0 saturated carbocycles. The number of carboxylic acid groups (broad SMARTS) is 1. The van der Waals surface area contributed by atoms with Crippen molar-refractivity contribution in [2.75, 3.05) is 5.73 Å². The van der Waals surface area contributed by atoms with E-state index >= 15 is 0 Å². The van der Waals surface area contributed by atoms with E-state index in [2.05, 4.69) is 0 Å². The number of pyridine rings is 1. The fraction of sp³-hybridized carbons (Fsp3) is 0.0833. The molecule has 1 aromatic heterocycles. The lowest BCUT2D eigenvalue weighted by Gasteiger charge is -2.14. The summed E-state index contributed by atoms with van der Waals surface area (Å²) in [5.41, 5.74) is 11.7. The van der Waals surface area contributed by atoms with Crippen LogP contribution in [0, 0.1) is 0 Å². The van der Waals surface area contributed by atoms with Crippen molar-refractivity contribution in [3.8, 4) is 28.1 Å². The van der Waals surface area contributed by atoms with Crippen molar-refractivity contribution in [3.63, 3.8) is 0 Å². The largest absolute Gasteiger partial charge is 0.511 e. The van der Waals surface area contributed by atoms with Gasteiger partial charge in [0.15, 0.2) is 5.75 Å². The number of hydrogen-bond donors (Lipinski definition) is 2. The predicted octanol–water partition coefficient (Wildman–Crippen LogP) is 5.77. The Balaban J connectivity index is 1.85. The van der Waals surface area contributed by atoms with E-state index in [9.17, 15) is 9.90 Å². The van der Waals surface area contributed by atoms with Gasteiger partial charge in [0.1, 0.15) is 5.69 Å². The van der Waals surface area contributed by atoms with Crippen molar-refractivity contribution >= 4 is 22.7 Å². The van der Waals surface area contributed by atoms with Gasteiger partial charge in [-0.2, -0.15) is 0 Å². The lowest BCUT2D eigenvalue weighted by atomic mass is 10.0. The normalized spacial score (nSPS) is 10.8. The number of ether oxygens (including phenoxy) is 1. The summed E-state index contributed by atoms with van der Waals surface area (Å²) < 4.78 is 5.06. The van der Waals surface area contributed by atoms with Gasteiger partial charge in [0, 0.05) is 10.9 Å². The zero-order chi connectivity index (χ0) is 20.4. The number of rotatable bonds is 4. The summed E-state index contributed by atoms with van der Waals surface area (Å²) in [5.74, 6) is 0.125. The van der Waals surface area contributed by atoms with Crippen LogP contribution in [0.4, 0.5) is 10.5 Å². The van der Waals surface area contributed by atoms with Crippen LogP contribution < -0.4 is 10.5 Å². The molecule has 5 nitrogen and oxygen atoms in total. The monoisotopic (exact) mass is 384 g/mol. The van der Waals surface area contributed by atoms with Crippen LogP contribution in [0.25, 0.3) is 33.3 Å². The second-order valence-corrected chi connectivity index (χ2v) is 6.72. The Kier molecular flexibility index (Phi) is 4.87. The minimum atomic E-state index is -1.41. The lowest BCUT2D eigenvalue weighted by molar-refractivity contribution is 0.145. The van der Waals surface area contributed by atoms with Gasteiger partial charge < -0.3 is 15.6 Å². The number of carbonyl (C=O) groups is 1. The summed E-state index contributed by atoms with van der Waals surface area (Å²) in [6, 6.07) is 23.6. The highest BCUT2D eigenvalue weighted by Crippen LogP contribution is 2.39. The molecule has 1 heterocycles. The second kappa shape index (κ2) is 7.64. The van der Waals surface area contributed by atoms with Gasteiger partial charge in [-0.15, -0.1) is 0 Å². The minimum Gasteiger partial charge on any atom is -0.449 e. The molecular formula is C24H20N2O3. The lowest BCUT2D eigenvalue weighted by Crippen LogP contribution is -2.08. The van der Waals surface area contributed by atoms with E-state index in [0.29, 0.717) is 16.6 Å². The van der Waals surface area contributed by atoms with E-state index < -0.39 is 6.16 Å². The molecule has 29 heavy (non-hydrogen) atoms. The summed E-state index contributed by atoms with van der Waals surface area (Å²) in [7, 11) is 0. The number of aryl methyl sites for hydroxylation is 1. The molecule has 0 bridgehead atoms.